The SMILES string of the molecule is O=C1N(c2ccc(Cl)cc2)[C@@]2(c3ccccc3)S(=O)c3ccccc3N[C@@]12c1ccccc1. The van der Waals surface area contributed by atoms with Crippen molar-refractivity contribution in [3.8, 4) is 0 Å². The highest BCUT2D eigenvalue weighted by molar-refractivity contribution is 7.86. The second kappa shape index (κ2) is 7.30. The molecule has 0 bridgehead atoms. The van der Waals surface area contributed by atoms with Crippen molar-refractivity contribution in [1.29, 1.82) is 0 Å². The Labute approximate surface area is 199 Å². The molecule has 1 fully saturated rings. The first kappa shape index (κ1) is 20.2. The smallest absolute Gasteiger partial charge is 0.262 e. The Hall–Kier alpha value is -3.41. The van der Waals surface area contributed by atoms with Crippen molar-refractivity contribution in [2.45, 2.75) is 15.3 Å². The molecule has 1 unspecified atom stereocenters. The van der Waals surface area contributed by atoms with Crippen LogP contribution >= 0.6 is 11.6 Å². The highest BCUT2D eigenvalue weighted by atomic mass is 35.5. The summed E-state index contributed by atoms with van der Waals surface area (Å²) in [6, 6.07) is 33.8. The molecule has 1 amide bonds. The zero-order chi connectivity index (χ0) is 22.6. The number of anilines is 2. The number of nitrogens with zero attached hydrogens (tertiary/aromatic N) is 1. The molecule has 4 aromatic rings. The lowest BCUT2D eigenvalue weighted by atomic mass is 9.68. The number of benzene rings is 4. The molecule has 0 aliphatic carbocycles. The Morgan fingerprint density at radius 1 is 0.727 bits per heavy atom. The molecule has 1 N–H and O–H groups in total. The van der Waals surface area contributed by atoms with E-state index in [1.807, 2.05) is 84.9 Å². The number of para-hydroxylation sites is 1. The minimum Gasteiger partial charge on any atom is -0.364 e. The Kier molecular flexibility index (Phi) is 4.47. The molecule has 162 valence electrons. The average molecular weight is 471 g/mol. The number of carbonyl (C=O) groups excluding carboxylic acids is 1. The lowest BCUT2D eigenvalue weighted by molar-refractivity contribution is -0.133. The number of halogens is 1. The summed E-state index contributed by atoms with van der Waals surface area (Å²) in [5.74, 6) is -0.164. The zero-order valence-corrected chi connectivity index (χ0v) is 19.0. The second-order valence-corrected chi connectivity index (χ2v) is 10.1. The van der Waals surface area contributed by atoms with E-state index in [9.17, 15) is 9.00 Å². The van der Waals surface area contributed by atoms with E-state index in [1.54, 1.807) is 29.2 Å². The molecule has 2 heterocycles. The lowest BCUT2D eigenvalue weighted by Gasteiger charge is -2.65. The highest BCUT2D eigenvalue weighted by Gasteiger charge is 2.78. The van der Waals surface area contributed by atoms with Crippen LogP contribution in [0.25, 0.3) is 0 Å². The van der Waals surface area contributed by atoms with Gasteiger partial charge in [-0.1, -0.05) is 84.4 Å². The number of amides is 1. The van der Waals surface area contributed by atoms with E-state index < -0.39 is 21.2 Å². The number of nitrogens with one attached hydrogen (secondary N) is 1. The standard InChI is InChI=1S/C27H19ClN2O2S/c28-21-15-17-22(18-16-21)30-25(31)26(19-9-3-1-4-10-19)27(30,20-11-5-2-6-12-20)33(32)24-14-8-7-13-23(24)29-26/h1-18,29H/t26-,27-,33?/m0/s1. The Morgan fingerprint density at radius 2 is 1.30 bits per heavy atom. The van der Waals surface area contributed by atoms with Crippen molar-refractivity contribution >= 4 is 39.7 Å². The number of hydrogen-bond donors (Lipinski definition) is 1. The minimum absolute atomic E-state index is 0.164. The monoisotopic (exact) mass is 470 g/mol. The van der Waals surface area contributed by atoms with Gasteiger partial charge in [-0.05, 0) is 47.5 Å². The molecule has 0 radical (unpaired) electrons. The fourth-order valence-electron chi connectivity index (χ4n) is 5.11. The van der Waals surface area contributed by atoms with Gasteiger partial charge in [0.1, 0.15) is 0 Å². The first-order valence-corrected chi connectivity index (χ1v) is 12.1. The van der Waals surface area contributed by atoms with Crippen LogP contribution in [0.2, 0.25) is 5.02 Å². The van der Waals surface area contributed by atoms with Gasteiger partial charge < -0.3 is 5.32 Å². The zero-order valence-electron chi connectivity index (χ0n) is 17.4. The molecule has 3 atom stereocenters. The van der Waals surface area contributed by atoms with E-state index in [-0.39, 0.29) is 5.91 Å². The summed E-state index contributed by atoms with van der Waals surface area (Å²) in [6.45, 7) is 0. The highest BCUT2D eigenvalue weighted by Crippen LogP contribution is 2.63. The maximum absolute atomic E-state index is 14.6. The molecule has 2 aliphatic rings. The molecule has 33 heavy (non-hydrogen) atoms. The Balaban J connectivity index is 1.73. The summed E-state index contributed by atoms with van der Waals surface area (Å²) in [5.41, 5.74) is 1.68. The molecule has 0 aromatic heterocycles. The van der Waals surface area contributed by atoms with Crippen molar-refractivity contribution in [3.63, 3.8) is 0 Å². The van der Waals surface area contributed by atoms with Crippen LogP contribution in [0.3, 0.4) is 0 Å². The molecule has 2 aliphatic heterocycles. The second-order valence-electron chi connectivity index (χ2n) is 8.13. The maximum Gasteiger partial charge on any atom is 0.262 e. The van der Waals surface area contributed by atoms with Crippen molar-refractivity contribution in [3.05, 3.63) is 125 Å². The fraction of sp³-hybridized carbons (Fsp3) is 0.0741. The molecule has 0 spiro atoms. The summed E-state index contributed by atoms with van der Waals surface area (Å²) in [5, 5.41) is 4.12. The number of rotatable bonds is 3. The third kappa shape index (κ3) is 2.52. The van der Waals surface area contributed by atoms with Gasteiger partial charge in [0.25, 0.3) is 5.91 Å². The van der Waals surface area contributed by atoms with Gasteiger partial charge in [0, 0.05) is 10.7 Å². The van der Waals surface area contributed by atoms with Crippen LogP contribution < -0.4 is 10.2 Å². The van der Waals surface area contributed by atoms with Gasteiger partial charge in [0.05, 0.1) is 21.4 Å². The van der Waals surface area contributed by atoms with Crippen molar-refractivity contribution < 1.29 is 9.00 Å². The van der Waals surface area contributed by atoms with Crippen LogP contribution in [0.5, 0.6) is 0 Å². The normalized spacial score (nSPS) is 25.4. The molecule has 0 saturated carbocycles. The molecule has 1 saturated heterocycles. The Bertz CT molecular complexity index is 1390. The van der Waals surface area contributed by atoms with Gasteiger partial charge in [-0.3, -0.25) is 13.9 Å². The van der Waals surface area contributed by atoms with Gasteiger partial charge in [-0.15, -0.1) is 0 Å². The topological polar surface area (TPSA) is 49.4 Å². The number of carbonyl (C=O) groups is 1. The first-order valence-electron chi connectivity index (χ1n) is 10.6. The third-order valence-electron chi connectivity index (χ3n) is 6.48. The predicted octanol–water partition coefficient (Wildman–Crippen LogP) is 5.67. The molecular weight excluding hydrogens is 452 g/mol. The minimum atomic E-state index is -1.60. The molecule has 4 aromatic carbocycles. The number of hydrogen-bond acceptors (Lipinski definition) is 3. The van der Waals surface area contributed by atoms with E-state index in [4.69, 9.17) is 11.6 Å². The van der Waals surface area contributed by atoms with Crippen molar-refractivity contribution in [2.75, 3.05) is 10.2 Å². The van der Waals surface area contributed by atoms with Crippen LogP contribution in [0.4, 0.5) is 11.4 Å². The molecular formula is C27H19ClN2O2S. The lowest BCUT2D eigenvalue weighted by Crippen LogP contribution is -2.84. The average Bonchev–Trinajstić information content (AvgIpc) is 2.87. The molecule has 6 heteroatoms. The van der Waals surface area contributed by atoms with Gasteiger partial charge in [0.2, 0.25) is 0 Å². The van der Waals surface area contributed by atoms with E-state index in [2.05, 4.69) is 5.32 Å². The maximum atomic E-state index is 14.6. The summed E-state index contributed by atoms with van der Waals surface area (Å²) in [6.07, 6.45) is 0. The van der Waals surface area contributed by atoms with E-state index >= 15 is 0 Å². The number of fused-ring (bicyclic) bond motifs is 2. The van der Waals surface area contributed by atoms with Crippen molar-refractivity contribution in [2.24, 2.45) is 0 Å². The van der Waals surface area contributed by atoms with Crippen LogP contribution in [0.1, 0.15) is 11.1 Å². The van der Waals surface area contributed by atoms with Gasteiger partial charge >= 0.3 is 0 Å². The largest absolute Gasteiger partial charge is 0.364 e. The quantitative estimate of drug-likeness (QED) is 0.392. The molecule has 6 rings (SSSR count). The summed E-state index contributed by atoms with van der Waals surface area (Å²) in [4.78, 5) is 15.4. The first-order chi connectivity index (χ1) is 16.1. The third-order valence-corrected chi connectivity index (χ3v) is 8.75. The summed E-state index contributed by atoms with van der Waals surface area (Å²) in [7, 11) is -1.60. The van der Waals surface area contributed by atoms with E-state index in [1.165, 1.54) is 0 Å². The van der Waals surface area contributed by atoms with Gasteiger partial charge in [-0.25, -0.2) is 0 Å². The van der Waals surface area contributed by atoms with Crippen LogP contribution in [0.15, 0.2) is 114 Å². The summed E-state index contributed by atoms with van der Waals surface area (Å²) >= 11 is 6.15. The Morgan fingerprint density at radius 3 is 1.97 bits per heavy atom. The van der Waals surface area contributed by atoms with Crippen LogP contribution in [-0.4, -0.2) is 10.1 Å². The molecule has 4 nitrogen and oxygen atoms in total. The van der Waals surface area contributed by atoms with Gasteiger partial charge in [0.15, 0.2) is 10.4 Å². The van der Waals surface area contributed by atoms with Gasteiger partial charge in [-0.2, -0.15) is 0 Å². The van der Waals surface area contributed by atoms with E-state index in [0.717, 1.165) is 11.1 Å². The van der Waals surface area contributed by atoms with E-state index in [0.29, 0.717) is 21.3 Å². The fourth-order valence-corrected chi connectivity index (χ4v) is 7.31. The van der Waals surface area contributed by atoms with Crippen LogP contribution in [0, 0.1) is 0 Å². The number of β-lactam (4-membered cyclic amide) rings is 1. The van der Waals surface area contributed by atoms with Crippen LogP contribution in [-0.2, 0) is 26.0 Å². The van der Waals surface area contributed by atoms with Crippen molar-refractivity contribution in [1.82, 2.24) is 0 Å². The predicted molar refractivity (Wildman–Crippen MR) is 132 cm³/mol. The summed E-state index contributed by atoms with van der Waals surface area (Å²) < 4.78 is 14.6.